The standard InChI is InChI=1S/C21H18N2O5/c1-15(24)23-18-7-5-17(6-8-18)20(25)14-28-21(26)11-4-16-2-9-19(10-3-16)27-13-12-22/h2-11H,13-14H2,1H3,(H,23,24)/b11-4+. The van der Waals surface area contributed by atoms with Crippen LogP contribution in [0.1, 0.15) is 22.8 Å². The third kappa shape index (κ3) is 6.77. The maximum absolute atomic E-state index is 12.1. The molecular weight excluding hydrogens is 360 g/mol. The fourth-order valence-corrected chi connectivity index (χ4v) is 2.17. The van der Waals surface area contributed by atoms with Crippen LogP contribution >= 0.6 is 0 Å². The molecule has 0 spiro atoms. The second kappa shape index (κ2) is 10.3. The maximum Gasteiger partial charge on any atom is 0.331 e. The van der Waals surface area contributed by atoms with Gasteiger partial charge >= 0.3 is 5.97 Å². The van der Waals surface area contributed by atoms with Crippen molar-refractivity contribution >= 4 is 29.4 Å². The van der Waals surface area contributed by atoms with E-state index in [2.05, 4.69) is 5.32 Å². The number of amides is 1. The third-order valence-electron chi connectivity index (χ3n) is 3.47. The summed E-state index contributed by atoms with van der Waals surface area (Å²) in [6.07, 6.45) is 2.77. The van der Waals surface area contributed by atoms with Gasteiger partial charge in [-0.25, -0.2) is 4.79 Å². The Morgan fingerprint density at radius 2 is 1.75 bits per heavy atom. The third-order valence-corrected chi connectivity index (χ3v) is 3.47. The number of Topliss-reactive ketones (excluding diaryl/α,β-unsaturated/α-hetero) is 1. The summed E-state index contributed by atoms with van der Waals surface area (Å²) in [6, 6.07) is 15.0. The van der Waals surface area contributed by atoms with Gasteiger partial charge in [0.15, 0.2) is 19.0 Å². The van der Waals surface area contributed by atoms with Gasteiger partial charge in [0, 0.05) is 24.3 Å². The lowest BCUT2D eigenvalue weighted by Crippen LogP contribution is -2.13. The Labute approximate surface area is 162 Å². The summed E-state index contributed by atoms with van der Waals surface area (Å²) in [6.45, 7) is 0.970. The van der Waals surface area contributed by atoms with Crippen LogP contribution in [0.3, 0.4) is 0 Å². The number of carbonyl (C=O) groups excluding carboxylic acids is 3. The van der Waals surface area contributed by atoms with Crippen molar-refractivity contribution in [2.75, 3.05) is 18.5 Å². The molecule has 142 valence electrons. The van der Waals surface area contributed by atoms with E-state index in [1.807, 2.05) is 6.07 Å². The normalized spacial score (nSPS) is 10.1. The average Bonchev–Trinajstić information content (AvgIpc) is 2.69. The van der Waals surface area contributed by atoms with Gasteiger partial charge in [-0.05, 0) is 48.0 Å². The molecule has 0 aromatic heterocycles. The Morgan fingerprint density at radius 1 is 1.07 bits per heavy atom. The van der Waals surface area contributed by atoms with E-state index < -0.39 is 5.97 Å². The van der Waals surface area contributed by atoms with Crippen LogP contribution in [0, 0.1) is 11.3 Å². The first-order chi connectivity index (χ1) is 13.5. The zero-order chi connectivity index (χ0) is 20.4. The van der Waals surface area contributed by atoms with Gasteiger partial charge in [0.1, 0.15) is 11.8 Å². The van der Waals surface area contributed by atoms with Crippen molar-refractivity contribution in [3.8, 4) is 11.8 Å². The number of nitrogens with zero attached hydrogens (tertiary/aromatic N) is 1. The lowest BCUT2D eigenvalue weighted by atomic mass is 10.1. The van der Waals surface area contributed by atoms with Crippen LogP contribution in [0.5, 0.6) is 5.75 Å². The van der Waals surface area contributed by atoms with Gasteiger partial charge in [-0.2, -0.15) is 5.26 Å². The summed E-state index contributed by atoms with van der Waals surface area (Å²) in [5, 5.41) is 11.1. The number of benzene rings is 2. The fraction of sp³-hybridized carbons (Fsp3) is 0.143. The topological polar surface area (TPSA) is 105 Å². The van der Waals surface area contributed by atoms with E-state index in [4.69, 9.17) is 14.7 Å². The quantitative estimate of drug-likeness (QED) is 0.430. The molecule has 1 N–H and O–H groups in total. The lowest BCUT2D eigenvalue weighted by Gasteiger charge is -2.05. The summed E-state index contributed by atoms with van der Waals surface area (Å²) in [5.74, 6) is -0.649. The van der Waals surface area contributed by atoms with Crippen LogP contribution in [0.4, 0.5) is 5.69 Å². The maximum atomic E-state index is 12.1. The van der Waals surface area contributed by atoms with Crippen molar-refractivity contribution in [3.63, 3.8) is 0 Å². The minimum Gasteiger partial charge on any atom is -0.479 e. The van der Waals surface area contributed by atoms with Crippen molar-refractivity contribution in [2.45, 2.75) is 6.92 Å². The highest BCUT2D eigenvalue weighted by Crippen LogP contribution is 2.13. The van der Waals surface area contributed by atoms with E-state index in [9.17, 15) is 14.4 Å². The van der Waals surface area contributed by atoms with Crippen LogP contribution in [-0.2, 0) is 14.3 Å². The van der Waals surface area contributed by atoms with Crippen LogP contribution < -0.4 is 10.1 Å². The number of carbonyl (C=O) groups is 3. The molecule has 2 rings (SSSR count). The highest BCUT2D eigenvalue weighted by atomic mass is 16.5. The zero-order valence-corrected chi connectivity index (χ0v) is 15.2. The van der Waals surface area contributed by atoms with Gasteiger partial charge in [0.2, 0.25) is 5.91 Å². The monoisotopic (exact) mass is 378 g/mol. The second-order valence-corrected chi connectivity index (χ2v) is 5.64. The SMILES string of the molecule is CC(=O)Nc1ccc(C(=O)COC(=O)/C=C/c2ccc(OCC#N)cc2)cc1. The first-order valence-corrected chi connectivity index (χ1v) is 8.33. The van der Waals surface area contributed by atoms with Crippen molar-refractivity contribution in [3.05, 3.63) is 65.7 Å². The van der Waals surface area contributed by atoms with Gasteiger partial charge in [0.05, 0.1) is 0 Å². The molecule has 7 nitrogen and oxygen atoms in total. The van der Waals surface area contributed by atoms with Gasteiger partial charge in [-0.15, -0.1) is 0 Å². The van der Waals surface area contributed by atoms with Gasteiger partial charge in [0.25, 0.3) is 0 Å². The fourth-order valence-electron chi connectivity index (χ4n) is 2.17. The molecule has 0 saturated heterocycles. The summed E-state index contributed by atoms with van der Waals surface area (Å²) in [5.41, 5.74) is 1.69. The Balaban J connectivity index is 1.82. The molecule has 0 radical (unpaired) electrons. The molecule has 0 heterocycles. The van der Waals surface area contributed by atoms with Gasteiger partial charge < -0.3 is 14.8 Å². The Bertz CT molecular complexity index is 909. The van der Waals surface area contributed by atoms with Crippen molar-refractivity contribution < 1.29 is 23.9 Å². The first-order valence-electron chi connectivity index (χ1n) is 8.33. The summed E-state index contributed by atoms with van der Waals surface area (Å²) < 4.78 is 10.1. The number of anilines is 1. The van der Waals surface area contributed by atoms with E-state index >= 15 is 0 Å². The molecule has 2 aromatic rings. The lowest BCUT2D eigenvalue weighted by molar-refractivity contribution is -0.136. The molecule has 0 aliphatic heterocycles. The minimum atomic E-state index is -0.645. The van der Waals surface area contributed by atoms with Gasteiger partial charge in [-0.1, -0.05) is 12.1 Å². The average molecular weight is 378 g/mol. The van der Waals surface area contributed by atoms with Crippen molar-refractivity contribution in [1.82, 2.24) is 0 Å². The first kappa shape index (κ1) is 20.4. The van der Waals surface area contributed by atoms with Crippen LogP contribution in [0.25, 0.3) is 6.08 Å². The van der Waals surface area contributed by atoms with Crippen molar-refractivity contribution in [2.24, 2.45) is 0 Å². The predicted octanol–water partition coefficient (Wildman–Crippen LogP) is 2.99. The summed E-state index contributed by atoms with van der Waals surface area (Å²) in [4.78, 5) is 34.8. The molecule has 0 unspecified atom stereocenters. The number of nitriles is 1. The van der Waals surface area contributed by atoms with E-state index in [-0.39, 0.29) is 24.9 Å². The Hall–Kier alpha value is -3.92. The van der Waals surface area contributed by atoms with Crippen LogP contribution in [0.15, 0.2) is 54.6 Å². The molecule has 7 heteroatoms. The number of rotatable bonds is 8. The minimum absolute atomic E-state index is 0.0362. The molecule has 0 saturated carbocycles. The molecular formula is C21H18N2O5. The van der Waals surface area contributed by atoms with E-state index in [0.717, 1.165) is 5.56 Å². The number of ether oxygens (including phenoxy) is 2. The van der Waals surface area contributed by atoms with Crippen LogP contribution in [-0.4, -0.2) is 30.9 Å². The summed E-state index contributed by atoms with van der Waals surface area (Å²) >= 11 is 0. The van der Waals surface area contributed by atoms with Gasteiger partial charge in [-0.3, -0.25) is 9.59 Å². The molecule has 0 atom stereocenters. The van der Waals surface area contributed by atoms with E-state index in [1.165, 1.54) is 13.0 Å². The Morgan fingerprint density at radius 3 is 2.36 bits per heavy atom. The molecule has 0 aliphatic rings. The molecule has 0 fully saturated rings. The highest BCUT2D eigenvalue weighted by Gasteiger charge is 2.08. The second-order valence-electron chi connectivity index (χ2n) is 5.64. The summed E-state index contributed by atoms with van der Waals surface area (Å²) in [7, 11) is 0. The zero-order valence-electron chi connectivity index (χ0n) is 15.2. The molecule has 1 amide bonds. The molecule has 0 aliphatic carbocycles. The van der Waals surface area contributed by atoms with E-state index in [1.54, 1.807) is 54.6 Å². The molecule has 0 bridgehead atoms. The van der Waals surface area contributed by atoms with E-state index in [0.29, 0.717) is 17.0 Å². The molecule has 2 aromatic carbocycles. The van der Waals surface area contributed by atoms with Crippen molar-refractivity contribution in [1.29, 1.82) is 5.26 Å². The van der Waals surface area contributed by atoms with Crippen LogP contribution in [0.2, 0.25) is 0 Å². The number of hydrogen-bond acceptors (Lipinski definition) is 6. The number of hydrogen-bond donors (Lipinski definition) is 1. The number of nitrogens with one attached hydrogen (secondary N) is 1. The Kier molecular flexibility index (Phi) is 7.49. The molecule has 28 heavy (non-hydrogen) atoms. The highest BCUT2D eigenvalue weighted by molar-refractivity contribution is 5.99. The largest absolute Gasteiger partial charge is 0.479 e. The number of esters is 1. The predicted molar refractivity (Wildman–Crippen MR) is 103 cm³/mol. The number of ketones is 1. The smallest absolute Gasteiger partial charge is 0.331 e.